The van der Waals surface area contributed by atoms with Crippen molar-refractivity contribution >= 4 is 26.6 Å². The standard InChI is InChI=1S/C16H17N3O2S/c1-11-16(14-4-2-3-5-15(14)18-11)19-22(20,21)13-8-6-12(10-17)7-9-13/h2-9,18-19H,10,17H2,1H3. The van der Waals surface area contributed by atoms with Gasteiger partial charge in [0.05, 0.1) is 10.6 Å². The summed E-state index contributed by atoms with van der Waals surface area (Å²) in [7, 11) is -3.63. The molecule has 22 heavy (non-hydrogen) atoms. The monoisotopic (exact) mass is 315 g/mol. The molecule has 3 aromatic rings. The van der Waals surface area contributed by atoms with Crippen molar-refractivity contribution in [3.63, 3.8) is 0 Å². The van der Waals surface area contributed by atoms with Crippen LogP contribution < -0.4 is 10.5 Å². The minimum atomic E-state index is -3.63. The summed E-state index contributed by atoms with van der Waals surface area (Å²) in [6.45, 7) is 2.23. The molecule has 0 aliphatic heterocycles. The molecule has 6 heteroatoms. The number of aromatic amines is 1. The molecule has 0 aliphatic carbocycles. The number of hydrogen-bond acceptors (Lipinski definition) is 3. The van der Waals surface area contributed by atoms with Crippen LogP contribution in [0, 0.1) is 6.92 Å². The van der Waals surface area contributed by atoms with Crippen molar-refractivity contribution in [2.45, 2.75) is 18.4 Å². The quantitative estimate of drug-likeness (QED) is 0.691. The van der Waals surface area contributed by atoms with E-state index in [-0.39, 0.29) is 4.90 Å². The number of anilines is 1. The lowest BCUT2D eigenvalue weighted by atomic mass is 10.2. The number of benzene rings is 2. The average Bonchev–Trinajstić information content (AvgIpc) is 2.83. The number of fused-ring (bicyclic) bond motifs is 1. The molecule has 3 rings (SSSR count). The summed E-state index contributed by atoms with van der Waals surface area (Å²) in [5.74, 6) is 0. The Morgan fingerprint density at radius 2 is 1.77 bits per heavy atom. The van der Waals surface area contributed by atoms with Crippen molar-refractivity contribution < 1.29 is 8.42 Å². The van der Waals surface area contributed by atoms with Gasteiger partial charge in [-0.1, -0.05) is 30.3 Å². The van der Waals surface area contributed by atoms with Gasteiger partial charge in [0, 0.05) is 23.1 Å². The predicted molar refractivity (Wildman–Crippen MR) is 88.2 cm³/mol. The fourth-order valence-electron chi connectivity index (χ4n) is 2.41. The van der Waals surface area contributed by atoms with Crippen LogP contribution in [0.25, 0.3) is 10.9 Å². The zero-order valence-electron chi connectivity index (χ0n) is 12.1. The van der Waals surface area contributed by atoms with Gasteiger partial charge < -0.3 is 10.7 Å². The lowest BCUT2D eigenvalue weighted by molar-refractivity contribution is 0.601. The first-order valence-electron chi connectivity index (χ1n) is 6.90. The van der Waals surface area contributed by atoms with Crippen LogP contribution in [0.2, 0.25) is 0 Å². The minimum absolute atomic E-state index is 0.217. The van der Waals surface area contributed by atoms with Gasteiger partial charge in [-0.25, -0.2) is 8.42 Å². The Morgan fingerprint density at radius 3 is 2.45 bits per heavy atom. The van der Waals surface area contributed by atoms with E-state index in [4.69, 9.17) is 5.73 Å². The van der Waals surface area contributed by atoms with Crippen LogP contribution in [0.4, 0.5) is 5.69 Å². The third-order valence-corrected chi connectivity index (χ3v) is 4.96. The molecule has 0 amide bonds. The molecule has 114 valence electrons. The normalized spacial score (nSPS) is 11.7. The Morgan fingerprint density at radius 1 is 1.09 bits per heavy atom. The first-order chi connectivity index (χ1) is 10.5. The zero-order valence-corrected chi connectivity index (χ0v) is 12.9. The van der Waals surface area contributed by atoms with E-state index in [1.807, 2.05) is 31.2 Å². The molecular formula is C16H17N3O2S. The minimum Gasteiger partial charge on any atom is -0.357 e. The van der Waals surface area contributed by atoms with E-state index in [1.165, 1.54) is 0 Å². The van der Waals surface area contributed by atoms with Gasteiger partial charge in [-0.15, -0.1) is 0 Å². The number of aromatic nitrogens is 1. The Balaban J connectivity index is 2.00. The summed E-state index contributed by atoms with van der Waals surface area (Å²) in [5.41, 5.74) is 8.68. The third-order valence-electron chi connectivity index (χ3n) is 3.60. The van der Waals surface area contributed by atoms with E-state index in [0.717, 1.165) is 22.2 Å². The second-order valence-corrected chi connectivity index (χ2v) is 6.81. The summed E-state index contributed by atoms with van der Waals surface area (Å²) < 4.78 is 27.8. The number of nitrogens with one attached hydrogen (secondary N) is 2. The van der Waals surface area contributed by atoms with E-state index < -0.39 is 10.0 Å². The molecule has 1 heterocycles. The summed E-state index contributed by atoms with van der Waals surface area (Å²) in [6.07, 6.45) is 0. The van der Waals surface area contributed by atoms with Crippen LogP contribution in [0.1, 0.15) is 11.3 Å². The zero-order chi connectivity index (χ0) is 15.7. The maximum atomic E-state index is 12.5. The molecule has 0 bridgehead atoms. The molecule has 0 unspecified atom stereocenters. The van der Waals surface area contributed by atoms with Gasteiger partial charge in [0.1, 0.15) is 0 Å². The van der Waals surface area contributed by atoms with Crippen molar-refractivity contribution in [3.8, 4) is 0 Å². The number of rotatable bonds is 4. The van der Waals surface area contributed by atoms with E-state index in [2.05, 4.69) is 9.71 Å². The predicted octanol–water partition coefficient (Wildman–Crippen LogP) is 2.74. The number of nitrogens with two attached hydrogens (primary N) is 1. The Kier molecular flexibility index (Phi) is 3.64. The highest BCUT2D eigenvalue weighted by atomic mass is 32.2. The molecule has 0 aliphatic rings. The fraction of sp³-hybridized carbons (Fsp3) is 0.125. The first kappa shape index (κ1) is 14.6. The number of H-pyrrole nitrogens is 1. The maximum absolute atomic E-state index is 12.5. The van der Waals surface area contributed by atoms with E-state index >= 15 is 0 Å². The molecule has 0 radical (unpaired) electrons. The van der Waals surface area contributed by atoms with Gasteiger partial charge in [-0.2, -0.15) is 0 Å². The summed E-state index contributed by atoms with van der Waals surface area (Å²) in [6, 6.07) is 14.1. The van der Waals surface area contributed by atoms with E-state index in [9.17, 15) is 8.42 Å². The Hall–Kier alpha value is -2.31. The van der Waals surface area contributed by atoms with Crippen LogP contribution in [0.15, 0.2) is 53.4 Å². The van der Waals surface area contributed by atoms with Crippen LogP contribution in [0.3, 0.4) is 0 Å². The highest BCUT2D eigenvalue weighted by Crippen LogP contribution is 2.29. The molecule has 4 N–H and O–H groups in total. The lowest BCUT2D eigenvalue weighted by Gasteiger charge is -2.09. The highest BCUT2D eigenvalue weighted by Gasteiger charge is 2.18. The largest absolute Gasteiger partial charge is 0.357 e. The molecule has 0 atom stereocenters. The molecule has 1 aromatic heterocycles. The second-order valence-electron chi connectivity index (χ2n) is 5.12. The summed E-state index contributed by atoms with van der Waals surface area (Å²) in [4.78, 5) is 3.39. The SMILES string of the molecule is Cc1[nH]c2ccccc2c1NS(=O)(=O)c1ccc(CN)cc1. The van der Waals surface area contributed by atoms with Crippen molar-refractivity contribution in [2.24, 2.45) is 5.73 Å². The molecule has 0 fully saturated rings. The van der Waals surface area contributed by atoms with Crippen LogP contribution >= 0.6 is 0 Å². The maximum Gasteiger partial charge on any atom is 0.261 e. The van der Waals surface area contributed by atoms with Gasteiger partial charge in [0.2, 0.25) is 0 Å². The van der Waals surface area contributed by atoms with Crippen molar-refractivity contribution in [3.05, 3.63) is 59.8 Å². The van der Waals surface area contributed by atoms with Gasteiger partial charge >= 0.3 is 0 Å². The Labute approximate surface area is 129 Å². The van der Waals surface area contributed by atoms with E-state index in [1.54, 1.807) is 24.3 Å². The smallest absolute Gasteiger partial charge is 0.261 e. The number of para-hydroxylation sites is 1. The van der Waals surface area contributed by atoms with Gasteiger partial charge in [-0.05, 0) is 30.7 Å². The van der Waals surface area contributed by atoms with Crippen LogP contribution in [0.5, 0.6) is 0 Å². The molecule has 0 saturated carbocycles. The lowest BCUT2D eigenvalue weighted by Crippen LogP contribution is -2.13. The van der Waals surface area contributed by atoms with Crippen molar-refractivity contribution in [1.29, 1.82) is 0 Å². The average molecular weight is 315 g/mol. The van der Waals surface area contributed by atoms with E-state index in [0.29, 0.717) is 12.2 Å². The van der Waals surface area contributed by atoms with Crippen molar-refractivity contribution in [2.75, 3.05) is 4.72 Å². The van der Waals surface area contributed by atoms with Gasteiger partial charge in [0.15, 0.2) is 0 Å². The fourth-order valence-corrected chi connectivity index (χ4v) is 3.55. The highest BCUT2D eigenvalue weighted by molar-refractivity contribution is 7.92. The molecular weight excluding hydrogens is 298 g/mol. The Bertz CT molecular complexity index is 912. The van der Waals surface area contributed by atoms with Gasteiger partial charge in [0.25, 0.3) is 10.0 Å². The molecule has 0 saturated heterocycles. The van der Waals surface area contributed by atoms with Crippen LogP contribution in [-0.2, 0) is 16.6 Å². The summed E-state index contributed by atoms with van der Waals surface area (Å²) >= 11 is 0. The topological polar surface area (TPSA) is 88.0 Å². The van der Waals surface area contributed by atoms with Gasteiger partial charge in [-0.3, -0.25) is 4.72 Å². The van der Waals surface area contributed by atoms with Crippen LogP contribution in [-0.4, -0.2) is 13.4 Å². The first-order valence-corrected chi connectivity index (χ1v) is 8.39. The molecule has 0 spiro atoms. The second kappa shape index (κ2) is 5.47. The number of aryl methyl sites for hydroxylation is 1. The molecule has 2 aromatic carbocycles. The number of sulfonamides is 1. The van der Waals surface area contributed by atoms with Crippen molar-refractivity contribution in [1.82, 2.24) is 4.98 Å². The third kappa shape index (κ3) is 2.58. The number of hydrogen-bond donors (Lipinski definition) is 3. The molecule has 5 nitrogen and oxygen atoms in total. The summed E-state index contributed by atoms with van der Waals surface area (Å²) in [5, 5.41) is 0.849.